The van der Waals surface area contributed by atoms with Gasteiger partial charge < -0.3 is 30.6 Å². The number of nitrogens with one attached hydrogen (secondary N) is 1. The van der Waals surface area contributed by atoms with Gasteiger partial charge in [0.2, 0.25) is 0 Å². The van der Waals surface area contributed by atoms with E-state index in [4.69, 9.17) is 41.6 Å². The van der Waals surface area contributed by atoms with Crippen LogP contribution in [0.25, 0.3) is 0 Å². The Morgan fingerprint density at radius 2 is 2.03 bits per heavy atom. The highest BCUT2D eigenvalue weighted by molar-refractivity contribution is 7.52. The van der Waals surface area contributed by atoms with Crippen LogP contribution in [0.5, 0.6) is 5.75 Å². The molecule has 2 aromatic rings. The Balaban J connectivity index is 1.86. The highest BCUT2D eigenvalue weighted by Crippen LogP contribution is 2.46. The second-order valence-electron chi connectivity index (χ2n) is 8.70. The first-order valence-corrected chi connectivity index (χ1v) is 13.4. The fraction of sp³-hybridized carbons (Fsp3) is 0.435. The molecule has 206 valence electrons. The van der Waals surface area contributed by atoms with Gasteiger partial charge in [-0.05, 0) is 50.6 Å². The molecule has 2 unspecified atom stereocenters. The van der Waals surface area contributed by atoms with Crippen molar-refractivity contribution >= 4 is 31.1 Å². The van der Waals surface area contributed by atoms with Gasteiger partial charge in [-0.3, -0.25) is 13.9 Å². The van der Waals surface area contributed by atoms with Crippen LogP contribution in [0, 0.1) is 11.3 Å². The summed E-state index contributed by atoms with van der Waals surface area (Å²) in [7, 11) is -4.28. The molecule has 1 aromatic carbocycles. The zero-order valence-electron chi connectivity index (χ0n) is 20.8. The Hall–Kier alpha value is -2.95. The molecule has 1 aliphatic heterocycles. The predicted molar refractivity (Wildman–Crippen MR) is 138 cm³/mol. The maximum Gasteiger partial charge on any atom is 0.459 e. The quantitative estimate of drug-likeness (QED) is 0.181. The van der Waals surface area contributed by atoms with Crippen LogP contribution in [0.2, 0.25) is 0 Å². The van der Waals surface area contributed by atoms with E-state index in [1.807, 2.05) is 0 Å². The van der Waals surface area contributed by atoms with Gasteiger partial charge in [-0.1, -0.05) is 24.1 Å². The summed E-state index contributed by atoms with van der Waals surface area (Å²) in [5.41, 5.74) is 9.19. The molecule has 0 aliphatic carbocycles. The zero-order chi connectivity index (χ0) is 28.1. The molecule has 6 atom stereocenters. The van der Waals surface area contributed by atoms with Gasteiger partial charge in [-0.2, -0.15) is 10.1 Å². The van der Waals surface area contributed by atoms with Crippen LogP contribution in [-0.2, 0) is 23.4 Å². The molecule has 1 aliphatic rings. The number of esters is 1. The minimum absolute atomic E-state index is 0.0362. The van der Waals surface area contributed by atoms with E-state index in [0.29, 0.717) is 0 Å². The molecule has 1 saturated heterocycles. The van der Waals surface area contributed by atoms with E-state index >= 15 is 0 Å². The molecule has 0 spiro atoms. The van der Waals surface area contributed by atoms with Crippen molar-refractivity contribution in [2.24, 2.45) is 5.73 Å². The molecule has 1 fully saturated rings. The van der Waals surface area contributed by atoms with E-state index in [1.54, 1.807) is 32.0 Å². The van der Waals surface area contributed by atoms with Crippen LogP contribution in [0.15, 0.2) is 47.4 Å². The first-order valence-electron chi connectivity index (χ1n) is 11.5. The number of ether oxygens (including phenoxy) is 2. The molecular weight excluding hydrogens is 541 g/mol. The van der Waals surface area contributed by atoms with Crippen LogP contribution in [-0.4, -0.2) is 57.1 Å². The van der Waals surface area contributed by atoms with Gasteiger partial charge in [0.15, 0.2) is 11.8 Å². The van der Waals surface area contributed by atoms with Crippen molar-refractivity contribution < 1.29 is 33.0 Å². The van der Waals surface area contributed by atoms with Crippen molar-refractivity contribution in [2.45, 2.75) is 56.9 Å². The lowest BCUT2D eigenvalue weighted by molar-refractivity contribution is -0.149. The molecule has 0 saturated carbocycles. The maximum atomic E-state index is 13.7. The number of benzene rings is 1. The van der Waals surface area contributed by atoms with Gasteiger partial charge in [0.25, 0.3) is 0 Å². The highest BCUT2D eigenvalue weighted by Gasteiger charge is 2.55. The van der Waals surface area contributed by atoms with Gasteiger partial charge >= 0.3 is 19.4 Å². The number of halogens is 1. The number of para-hydroxylation sites is 1. The van der Waals surface area contributed by atoms with Crippen LogP contribution in [0.4, 0.5) is 5.82 Å². The minimum atomic E-state index is -4.28. The number of hydrogen-bond acceptors (Lipinski definition) is 11. The Morgan fingerprint density at radius 1 is 1.34 bits per heavy atom. The van der Waals surface area contributed by atoms with Crippen molar-refractivity contribution in [1.82, 2.24) is 14.6 Å². The van der Waals surface area contributed by atoms with Gasteiger partial charge in [0.05, 0.1) is 12.7 Å². The topological polar surface area (TPSA) is 190 Å². The number of hydrogen-bond donors (Lipinski definition) is 4. The monoisotopic (exact) mass is 569 g/mol. The van der Waals surface area contributed by atoms with Gasteiger partial charge in [0, 0.05) is 11.6 Å². The van der Waals surface area contributed by atoms with Crippen molar-refractivity contribution in [1.29, 1.82) is 0 Å². The van der Waals surface area contributed by atoms with Crippen LogP contribution in [0.3, 0.4) is 0 Å². The maximum absolute atomic E-state index is 13.7. The molecular formula is C23H29ClN5O8P. The third-order valence-electron chi connectivity index (χ3n) is 5.36. The summed E-state index contributed by atoms with van der Waals surface area (Å²) >= 11 is 5.58. The molecule has 2 heterocycles. The van der Waals surface area contributed by atoms with E-state index in [9.17, 15) is 19.3 Å². The fourth-order valence-electron chi connectivity index (χ4n) is 3.56. The van der Waals surface area contributed by atoms with Crippen molar-refractivity contribution in [3.05, 3.63) is 53.1 Å². The number of aromatic nitrogens is 2. The predicted octanol–water partition coefficient (Wildman–Crippen LogP) is 1.11. The fourth-order valence-corrected chi connectivity index (χ4v) is 5.23. The first-order chi connectivity index (χ1) is 17.9. The summed E-state index contributed by atoms with van der Waals surface area (Å²) in [5, 5.41) is 15.6. The second-order valence-corrected chi connectivity index (χ2v) is 10.6. The number of aliphatic hydroxyl groups excluding tert-OH is 1. The summed E-state index contributed by atoms with van der Waals surface area (Å²) in [6.07, 6.45) is -3.33. The number of anilines is 1. The number of carbonyl (C=O) groups excluding carboxylic acids is 1. The van der Waals surface area contributed by atoms with Crippen LogP contribution < -0.4 is 26.8 Å². The second kappa shape index (κ2) is 12.3. The Bertz CT molecular complexity index is 1300. The lowest BCUT2D eigenvalue weighted by atomic mass is 9.92. The standard InChI is InChI=1S/C23H29ClN5O8P/c1-14(2)35-20(31)15(3)28-38(33,37-16-7-5-4-6-8-16)34-13-17-19(30)23(26,10-11-24)21(36-17)29-12-9-18(25)27-22(29)32/h4-9,12,14-15,17,19,21,30H,13,26H2,1-3H3,(H,28,33)(H2,25,27,32)/t15-,17+,19-,21+,23?,38?/m0/s1. The molecule has 0 bridgehead atoms. The van der Waals surface area contributed by atoms with Gasteiger partial charge in [-0.25, -0.2) is 9.36 Å². The summed E-state index contributed by atoms with van der Waals surface area (Å²) in [6, 6.07) is 8.33. The molecule has 6 N–H and O–H groups in total. The Labute approximate surface area is 223 Å². The molecule has 13 nitrogen and oxygen atoms in total. The van der Waals surface area contributed by atoms with E-state index in [1.165, 1.54) is 31.3 Å². The summed E-state index contributed by atoms with van der Waals surface area (Å²) in [6.45, 7) is 4.20. The average molecular weight is 570 g/mol. The highest BCUT2D eigenvalue weighted by atomic mass is 35.5. The minimum Gasteiger partial charge on any atom is -0.462 e. The van der Waals surface area contributed by atoms with E-state index in [-0.39, 0.29) is 11.6 Å². The number of nitrogens with two attached hydrogens (primary N) is 2. The lowest BCUT2D eigenvalue weighted by Gasteiger charge is -2.27. The number of nitrogen functional groups attached to an aromatic ring is 1. The van der Waals surface area contributed by atoms with Crippen molar-refractivity contribution in [3.8, 4) is 17.0 Å². The van der Waals surface area contributed by atoms with E-state index < -0.39 is 62.1 Å². The molecule has 3 rings (SSSR count). The summed E-state index contributed by atoms with van der Waals surface area (Å²) in [5.74, 6) is 1.92. The Morgan fingerprint density at radius 3 is 2.63 bits per heavy atom. The van der Waals surface area contributed by atoms with E-state index in [0.717, 1.165) is 4.57 Å². The number of carbonyl (C=O) groups is 1. The molecule has 0 amide bonds. The number of aliphatic hydroxyl groups is 1. The molecule has 38 heavy (non-hydrogen) atoms. The van der Waals surface area contributed by atoms with Gasteiger partial charge in [0.1, 0.15) is 29.8 Å². The van der Waals surface area contributed by atoms with Gasteiger partial charge in [-0.15, -0.1) is 0 Å². The normalized spacial score (nSPS) is 25.2. The summed E-state index contributed by atoms with van der Waals surface area (Å²) in [4.78, 5) is 28.4. The lowest BCUT2D eigenvalue weighted by Crippen LogP contribution is -2.55. The number of rotatable bonds is 10. The van der Waals surface area contributed by atoms with Crippen LogP contribution in [0.1, 0.15) is 27.0 Å². The molecule has 0 radical (unpaired) electrons. The van der Waals surface area contributed by atoms with Crippen molar-refractivity contribution in [3.63, 3.8) is 0 Å². The third-order valence-corrected chi connectivity index (χ3v) is 7.09. The molecule has 15 heteroatoms. The average Bonchev–Trinajstić information content (AvgIpc) is 3.08. The Kier molecular flexibility index (Phi) is 9.56. The summed E-state index contributed by atoms with van der Waals surface area (Å²) < 4.78 is 36.9. The SMILES string of the molecule is CC(C)OC(=O)[C@H](C)NP(=O)(OC[C@H]1O[C@@H](n2ccc(N)nc2=O)C(N)(C#CCl)[C@H]1O)Oc1ccccc1. The zero-order valence-corrected chi connectivity index (χ0v) is 22.5. The molecule has 1 aromatic heterocycles. The smallest absolute Gasteiger partial charge is 0.459 e. The van der Waals surface area contributed by atoms with Crippen molar-refractivity contribution in [2.75, 3.05) is 12.3 Å². The number of nitrogens with zero attached hydrogens (tertiary/aromatic N) is 2. The first kappa shape index (κ1) is 29.6. The third kappa shape index (κ3) is 6.92. The van der Waals surface area contributed by atoms with E-state index in [2.05, 4.69) is 21.4 Å². The largest absolute Gasteiger partial charge is 0.462 e. The van der Waals surface area contributed by atoms with Crippen LogP contribution >= 0.6 is 19.3 Å².